The Bertz CT molecular complexity index is 419. The average molecular weight is 247 g/mol. The second-order valence-electron chi connectivity index (χ2n) is 5.32. The predicted octanol–water partition coefficient (Wildman–Crippen LogP) is 1.76. The zero-order chi connectivity index (χ0) is 13.2. The third kappa shape index (κ3) is 2.94. The van der Waals surface area contributed by atoms with Gasteiger partial charge >= 0.3 is 0 Å². The van der Waals surface area contributed by atoms with E-state index in [1.165, 1.54) is 5.69 Å². The lowest BCUT2D eigenvalue weighted by Crippen LogP contribution is -2.52. The summed E-state index contributed by atoms with van der Waals surface area (Å²) in [5, 5.41) is 3.05. The van der Waals surface area contributed by atoms with Crippen molar-refractivity contribution in [2.75, 3.05) is 23.7 Å². The molecule has 1 aromatic carbocycles. The molecular formula is C14H21N3O. The maximum atomic E-state index is 11.2. The Kier molecular flexibility index (Phi) is 3.45. The van der Waals surface area contributed by atoms with E-state index in [0.29, 0.717) is 0 Å². The first-order valence-corrected chi connectivity index (χ1v) is 6.38. The Labute approximate surface area is 108 Å². The number of piperidine rings is 1. The molecule has 0 aliphatic carbocycles. The lowest BCUT2D eigenvalue weighted by atomic mass is 9.89. The van der Waals surface area contributed by atoms with Crippen LogP contribution in [0.15, 0.2) is 24.3 Å². The second kappa shape index (κ2) is 4.88. The molecule has 1 amide bonds. The molecule has 98 valence electrons. The fourth-order valence-corrected chi connectivity index (χ4v) is 2.49. The van der Waals surface area contributed by atoms with Crippen LogP contribution in [0.5, 0.6) is 0 Å². The Balaban J connectivity index is 1.98. The maximum absolute atomic E-state index is 11.2. The molecule has 0 unspecified atom stereocenters. The van der Waals surface area contributed by atoms with E-state index >= 15 is 0 Å². The molecule has 1 aromatic rings. The first-order valence-electron chi connectivity index (χ1n) is 6.38. The molecule has 18 heavy (non-hydrogen) atoms. The van der Waals surface area contributed by atoms with Gasteiger partial charge in [0.2, 0.25) is 5.91 Å². The second-order valence-corrected chi connectivity index (χ2v) is 5.32. The molecule has 1 aliphatic rings. The molecule has 3 N–H and O–H groups in total. The molecule has 4 nitrogen and oxygen atoms in total. The lowest BCUT2D eigenvalue weighted by molar-refractivity contribution is -0.120. The van der Waals surface area contributed by atoms with Crippen LogP contribution in [-0.2, 0) is 4.79 Å². The summed E-state index contributed by atoms with van der Waals surface area (Å²) < 4.78 is 0. The summed E-state index contributed by atoms with van der Waals surface area (Å²) in [4.78, 5) is 13.5. The van der Waals surface area contributed by atoms with Crippen molar-refractivity contribution in [2.45, 2.75) is 32.2 Å². The number of benzene rings is 1. The van der Waals surface area contributed by atoms with Crippen LogP contribution in [0.3, 0.4) is 0 Å². The third-order valence-corrected chi connectivity index (χ3v) is 3.60. The standard InChI is InChI=1S/C14H21N3O/c1-11(18)16-14(2)7-9-17(10-8-14)13-5-3-12(15)4-6-13/h3-6H,7-10,15H2,1-2H3,(H,16,18). The first kappa shape index (κ1) is 12.7. The van der Waals surface area contributed by atoms with Crippen LogP contribution in [0.1, 0.15) is 26.7 Å². The molecule has 0 atom stereocenters. The molecule has 0 bridgehead atoms. The highest BCUT2D eigenvalue weighted by Gasteiger charge is 2.30. The van der Waals surface area contributed by atoms with Gasteiger partial charge in [0.05, 0.1) is 0 Å². The average Bonchev–Trinajstić information content (AvgIpc) is 2.30. The van der Waals surface area contributed by atoms with Crippen LogP contribution in [0.4, 0.5) is 11.4 Å². The largest absolute Gasteiger partial charge is 0.399 e. The number of amides is 1. The van der Waals surface area contributed by atoms with E-state index in [-0.39, 0.29) is 11.4 Å². The predicted molar refractivity (Wildman–Crippen MR) is 74.5 cm³/mol. The van der Waals surface area contributed by atoms with Gasteiger partial charge in [-0.15, -0.1) is 0 Å². The summed E-state index contributed by atoms with van der Waals surface area (Å²) in [6, 6.07) is 7.96. The number of rotatable bonds is 2. The van der Waals surface area contributed by atoms with Gasteiger partial charge in [-0.05, 0) is 44.0 Å². The molecule has 0 aromatic heterocycles. The lowest BCUT2D eigenvalue weighted by Gasteiger charge is -2.40. The van der Waals surface area contributed by atoms with Crippen LogP contribution in [0.25, 0.3) is 0 Å². The van der Waals surface area contributed by atoms with Gasteiger partial charge in [-0.25, -0.2) is 0 Å². The molecule has 0 spiro atoms. The summed E-state index contributed by atoms with van der Waals surface area (Å²) in [6.07, 6.45) is 1.94. The van der Waals surface area contributed by atoms with E-state index in [2.05, 4.69) is 29.3 Å². The van der Waals surface area contributed by atoms with Crippen LogP contribution < -0.4 is 16.0 Å². The summed E-state index contributed by atoms with van der Waals surface area (Å²) in [5.41, 5.74) is 7.62. The topological polar surface area (TPSA) is 58.4 Å². The normalized spacial score (nSPS) is 18.4. The van der Waals surface area contributed by atoms with Crippen molar-refractivity contribution in [1.82, 2.24) is 5.32 Å². The summed E-state index contributed by atoms with van der Waals surface area (Å²) in [7, 11) is 0. The van der Waals surface area contributed by atoms with Crippen molar-refractivity contribution in [3.63, 3.8) is 0 Å². The minimum atomic E-state index is -0.0594. The molecule has 1 fully saturated rings. The molecule has 0 saturated carbocycles. The number of nitrogens with two attached hydrogens (primary N) is 1. The van der Waals surface area contributed by atoms with Gasteiger partial charge in [0, 0.05) is 36.9 Å². The Morgan fingerprint density at radius 3 is 2.33 bits per heavy atom. The highest BCUT2D eigenvalue weighted by molar-refractivity contribution is 5.73. The number of nitrogens with one attached hydrogen (secondary N) is 1. The highest BCUT2D eigenvalue weighted by atomic mass is 16.1. The van der Waals surface area contributed by atoms with E-state index < -0.39 is 0 Å². The Hall–Kier alpha value is -1.71. The van der Waals surface area contributed by atoms with Crippen LogP contribution in [-0.4, -0.2) is 24.5 Å². The molecule has 1 saturated heterocycles. The fraction of sp³-hybridized carbons (Fsp3) is 0.500. The summed E-state index contributed by atoms with van der Waals surface area (Å²) in [5.74, 6) is 0.0541. The number of nitrogen functional groups attached to an aromatic ring is 1. The molecular weight excluding hydrogens is 226 g/mol. The van der Waals surface area contributed by atoms with Crippen molar-refractivity contribution < 1.29 is 4.79 Å². The van der Waals surface area contributed by atoms with Crippen LogP contribution >= 0.6 is 0 Å². The third-order valence-electron chi connectivity index (χ3n) is 3.60. The number of hydrogen-bond donors (Lipinski definition) is 2. The quantitative estimate of drug-likeness (QED) is 0.783. The number of carbonyl (C=O) groups excluding carboxylic acids is 1. The van der Waals surface area contributed by atoms with Gasteiger partial charge in [0.1, 0.15) is 0 Å². The molecule has 4 heteroatoms. The van der Waals surface area contributed by atoms with E-state index in [4.69, 9.17) is 5.73 Å². The van der Waals surface area contributed by atoms with Crippen molar-refractivity contribution in [1.29, 1.82) is 0 Å². The number of hydrogen-bond acceptors (Lipinski definition) is 3. The van der Waals surface area contributed by atoms with E-state index in [1.54, 1.807) is 6.92 Å². The minimum Gasteiger partial charge on any atom is -0.399 e. The summed E-state index contributed by atoms with van der Waals surface area (Å²) >= 11 is 0. The maximum Gasteiger partial charge on any atom is 0.217 e. The van der Waals surface area contributed by atoms with Gasteiger partial charge in [-0.3, -0.25) is 4.79 Å². The monoisotopic (exact) mass is 247 g/mol. The Morgan fingerprint density at radius 2 is 1.83 bits per heavy atom. The zero-order valence-electron chi connectivity index (χ0n) is 11.1. The van der Waals surface area contributed by atoms with Crippen molar-refractivity contribution >= 4 is 17.3 Å². The summed E-state index contributed by atoms with van der Waals surface area (Å²) in [6.45, 7) is 5.62. The van der Waals surface area contributed by atoms with E-state index in [1.807, 2.05) is 12.1 Å². The molecule has 2 rings (SSSR count). The van der Waals surface area contributed by atoms with Gasteiger partial charge in [-0.2, -0.15) is 0 Å². The van der Waals surface area contributed by atoms with Crippen molar-refractivity contribution in [3.05, 3.63) is 24.3 Å². The molecule has 0 radical (unpaired) electrons. The molecule has 1 heterocycles. The minimum absolute atomic E-state index is 0.0541. The number of nitrogens with zero attached hydrogens (tertiary/aromatic N) is 1. The van der Waals surface area contributed by atoms with Crippen molar-refractivity contribution in [2.24, 2.45) is 0 Å². The van der Waals surface area contributed by atoms with Crippen LogP contribution in [0, 0.1) is 0 Å². The van der Waals surface area contributed by atoms with Gasteiger partial charge in [-0.1, -0.05) is 0 Å². The zero-order valence-corrected chi connectivity index (χ0v) is 11.1. The number of carbonyl (C=O) groups is 1. The molecule has 1 aliphatic heterocycles. The highest BCUT2D eigenvalue weighted by Crippen LogP contribution is 2.26. The van der Waals surface area contributed by atoms with E-state index in [9.17, 15) is 4.79 Å². The van der Waals surface area contributed by atoms with Gasteiger partial charge in [0.25, 0.3) is 0 Å². The van der Waals surface area contributed by atoms with E-state index in [0.717, 1.165) is 31.6 Å². The SMILES string of the molecule is CC(=O)NC1(C)CCN(c2ccc(N)cc2)CC1. The van der Waals surface area contributed by atoms with Gasteiger partial charge in [0.15, 0.2) is 0 Å². The smallest absolute Gasteiger partial charge is 0.217 e. The van der Waals surface area contributed by atoms with Crippen LogP contribution in [0.2, 0.25) is 0 Å². The van der Waals surface area contributed by atoms with Crippen molar-refractivity contribution in [3.8, 4) is 0 Å². The fourth-order valence-electron chi connectivity index (χ4n) is 2.49. The van der Waals surface area contributed by atoms with Gasteiger partial charge < -0.3 is 16.0 Å². The Morgan fingerprint density at radius 1 is 1.28 bits per heavy atom. The number of anilines is 2. The first-order chi connectivity index (χ1) is 8.48.